The molecule has 0 radical (unpaired) electrons. The Hall–Kier alpha value is -0.630. The number of halogens is 1. The average molecular weight is 336 g/mol. The molecule has 0 bridgehead atoms. The van der Waals surface area contributed by atoms with Crippen LogP contribution in [-0.2, 0) is 0 Å². The highest BCUT2D eigenvalue weighted by Gasteiger charge is 2.28. The van der Waals surface area contributed by atoms with Gasteiger partial charge >= 0.3 is 5.69 Å². The summed E-state index contributed by atoms with van der Waals surface area (Å²) in [6, 6.07) is 0.0165. The molecule has 6 heteroatoms. The van der Waals surface area contributed by atoms with Crippen molar-refractivity contribution in [1.82, 2.24) is 9.55 Å². The van der Waals surface area contributed by atoms with Crippen molar-refractivity contribution in [3.63, 3.8) is 0 Å². The summed E-state index contributed by atoms with van der Waals surface area (Å²) in [6.45, 7) is 0.0901. The molecule has 2 rings (SSSR count). The standard InChI is InChI=1S/C10H13IN2O3/c11-7-4-13(10(16)12-9(7)15)8-3-1-2-6(8)5-14/h4,6,8,14H,1-3,5H2,(H,12,15,16)/t6-,8-/m1/s1. The highest BCUT2D eigenvalue weighted by molar-refractivity contribution is 14.1. The van der Waals surface area contributed by atoms with Gasteiger partial charge in [-0.15, -0.1) is 0 Å². The van der Waals surface area contributed by atoms with Crippen molar-refractivity contribution in [2.24, 2.45) is 5.92 Å². The molecule has 5 nitrogen and oxygen atoms in total. The van der Waals surface area contributed by atoms with E-state index in [2.05, 4.69) is 4.98 Å². The highest BCUT2D eigenvalue weighted by atomic mass is 127. The lowest BCUT2D eigenvalue weighted by molar-refractivity contribution is 0.193. The minimum Gasteiger partial charge on any atom is -0.396 e. The molecule has 0 unspecified atom stereocenters. The van der Waals surface area contributed by atoms with Crippen LogP contribution in [0.15, 0.2) is 15.8 Å². The van der Waals surface area contributed by atoms with Gasteiger partial charge in [0.05, 0.1) is 3.57 Å². The maximum Gasteiger partial charge on any atom is 0.328 e. The van der Waals surface area contributed by atoms with E-state index in [0.717, 1.165) is 19.3 Å². The van der Waals surface area contributed by atoms with Crippen LogP contribution in [0.3, 0.4) is 0 Å². The second kappa shape index (κ2) is 4.70. The van der Waals surface area contributed by atoms with Gasteiger partial charge in [0.25, 0.3) is 5.56 Å². The lowest BCUT2D eigenvalue weighted by atomic mass is 10.1. The Morgan fingerprint density at radius 3 is 2.94 bits per heavy atom. The van der Waals surface area contributed by atoms with Crippen LogP contribution < -0.4 is 11.2 Å². The van der Waals surface area contributed by atoms with Gasteiger partial charge in [-0.05, 0) is 35.4 Å². The van der Waals surface area contributed by atoms with E-state index in [0.29, 0.717) is 3.57 Å². The number of H-pyrrole nitrogens is 1. The summed E-state index contributed by atoms with van der Waals surface area (Å²) < 4.78 is 2.05. The molecular formula is C10H13IN2O3. The molecule has 1 aromatic heterocycles. The molecule has 1 fully saturated rings. The predicted molar refractivity (Wildman–Crippen MR) is 67.5 cm³/mol. The Balaban J connectivity index is 2.44. The Bertz CT molecular complexity index is 494. The third-order valence-corrected chi connectivity index (χ3v) is 3.90. The molecule has 2 N–H and O–H groups in total. The average Bonchev–Trinajstić information content (AvgIpc) is 2.71. The first-order valence-electron chi connectivity index (χ1n) is 5.25. The molecule has 2 atom stereocenters. The van der Waals surface area contributed by atoms with Gasteiger partial charge in [0.1, 0.15) is 0 Å². The number of rotatable bonds is 2. The minimum atomic E-state index is -0.379. The van der Waals surface area contributed by atoms with Crippen molar-refractivity contribution in [1.29, 1.82) is 0 Å². The third kappa shape index (κ3) is 2.08. The van der Waals surface area contributed by atoms with Gasteiger partial charge in [-0.3, -0.25) is 14.3 Å². The Labute approximate surface area is 106 Å². The predicted octanol–water partition coefficient (Wildman–Crippen LogP) is 0.475. The van der Waals surface area contributed by atoms with E-state index < -0.39 is 0 Å². The topological polar surface area (TPSA) is 75.1 Å². The van der Waals surface area contributed by atoms with E-state index in [1.54, 1.807) is 10.8 Å². The highest BCUT2D eigenvalue weighted by Crippen LogP contribution is 2.34. The number of nitrogens with zero attached hydrogens (tertiary/aromatic N) is 1. The summed E-state index contributed by atoms with van der Waals surface area (Å²) in [4.78, 5) is 25.2. The first-order chi connectivity index (χ1) is 7.63. The second-order valence-electron chi connectivity index (χ2n) is 4.08. The molecule has 0 amide bonds. The van der Waals surface area contributed by atoms with Crippen LogP contribution in [0.2, 0.25) is 0 Å². The lowest BCUT2D eigenvalue weighted by Crippen LogP contribution is -2.35. The fourth-order valence-electron chi connectivity index (χ4n) is 2.30. The van der Waals surface area contributed by atoms with Crippen LogP contribution in [0.25, 0.3) is 0 Å². The van der Waals surface area contributed by atoms with Crippen LogP contribution in [0.1, 0.15) is 25.3 Å². The molecule has 0 spiro atoms. The molecule has 0 aliphatic heterocycles. The number of aliphatic hydroxyl groups excluding tert-OH is 1. The number of hydrogen-bond donors (Lipinski definition) is 2. The maximum atomic E-state index is 11.7. The monoisotopic (exact) mass is 336 g/mol. The van der Waals surface area contributed by atoms with Crippen molar-refractivity contribution in [3.05, 3.63) is 30.6 Å². The summed E-state index contributed by atoms with van der Waals surface area (Å²) in [6.07, 6.45) is 4.41. The zero-order valence-electron chi connectivity index (χ0n) is 8.65. The summed E-state index contributed by atoms with van der Waals surface area (Å²) >= 11 is 1.91. The van der Waals surface area contributed by atoms with Crippen LogP contribution in [0.5, 0.6) is 0 Å². The van der Waals surface area contributed by atoms with Gasteiger partial charge in [0, 0.05) is 24.8 Å². The summed E-state index contributed by atoms with van der Waals surface area (Å²) in [5, 5.41) is 9.22. The Kier molecular flexibility index (Phi) is 3.48. The maximum absolute atomic E-state index is 11.7. The smallest absolute Gasteiger partial charge is 0.328 e. The number of hydrogen-bond acceptors (Lipinski definition) is 3. The molecule has 16 heavy (non-hydrogen) atoms. The van der Waals surface area contributed by atoms with Crippen molar-refractivity contribution in [2.75, 3.05) is 6.61 Å². The fraction of sp³-hybridized carbons (Fsp3) is 0.600. The molecule has 0 saturated heterocycles. The van der Waals surface area contributed by atoms with Crippen molar-refractivity contribution in [2.45, 2.75) is 25.3 Å². The normalized spacial score (nSPS) is 24.9. The zero-order valence-corrected chi connectivity index (χ0v) is 10.8. The number of aromatic amines is 1. The second-order valence-corrected chi connectivity index (χ2v) is 5.25. The van der Waals surface area contributed by atoms with Crippen LogP contribution >= 0.6 is 22.6 Å². The fourth-order valence-corrected chi connectivity index (χ4v) is 2.74. The number of nitrogens with one attached hydrogen (secondary N) is 1. The molecule has 1 aliphatic rings. The lowest BCUT2D eigenvalue weighted by Gasteiger charge is -2.19. The first-order valence-corrected chi connectivity index (χ1v) is 6.33. The number of aliphatic hydroxyl groups is 1. The molecule has 1 heterocycles. The van der Waals surface area contributed by atoms with Crippen molar-refractivity contribution >= 4 is 22.6 Å². The van der Waals surface area contributed by atoms with Gasteiger partial charge < -0.3 is 5.11 Å². The van der Waals surface area contributed by atoms with E-state index in [-0.39, 0.29) is 29.8 Å². The first kappa shape index (κ1) is 11.8. The van der Waals surface area contributed by atoms with Crippen LogP contribution in [-0.4, -0.2) is 21.3 Å². The Morgan fingerprint density at radius 2 is 2.25 bits per heavy atom. The molecule has 1 aliphatic carbocycles. The van der Waals surface area contributed by atoms with Crippen LogP contribution in [0, 0.1) is 9.49 Å². The summed E-state index contributed by atoms with van der Waals surface area (Å²) in [5.74, 6) is 0.124. The van der Waals surface area contributed by atoms with E-state index in [9.17, 15) is 14.7 Å². The van der Waals surface area contributed by atoms with Crippen LogP contribution in [0.4, 0.5) is 0 Å². The van der Waals surface area contributed by atoms with Crippen molar-refractivity contribution < 1.29 is 5.11 Å². The van der Waals surface area contributed by atoms with Gasteiger partial charge in [0.15, 0.2) is 0 Å². The Morgan fingerprint density at radius 1 is 1.50 bits per heavy atom. The van der Waals surface area contributed by atoms with E-state index in [4.69, 9.17) is 0 Å². The summed E-state index contributed by atoms with van der Waals surface area (Å²) in [7, 11) is 0. The van der Waals surface area contributed by atoms with Crippen molar-refractivity contribution in [3.8, 4) is 0 Å². The largest absolute Gasteiger partial charge is 0.396 e. The van der Waals surface area contributed by atoms with E-state index >= 15 is 0 Å². The summed E-state index contributed by atoms with van der Waals surface area (Å²) in [5.41, 5.74) is -0.726. The zero-order chi connectivity index (χ0) is 11.7. The third-order valence-electron chi connectivity index (χ3n) is 3.14. The molecule has 88 valence electrons. The van der Waals surface area contributed by atoms with Gasteiger partial charge in [-0.2, -0.15) is 0 Å². The van der Waals surface area contributed by atoms with Gasteiger partial charge in [-0.25, -0.2) is 4.79 Å². The van der Waals surface area contributed by atoms with Gasteiger partial charge in [0.2, 0.25) is 0 Å². The molecule has 0 aromatic carbocycles. The van der Waals surface area contributed by atoms with E-state index in [1.165, 1.54) is 0 Å². The van der Waals surface area contributed by atoms with E-state index in [1.807, 2.05) is 22.6 Å². The number of aromatic nitrogens is 2. The van der Waals surface area contributed by atoms with Gasteiger partial charge in [-0.1, -0.05) is 6.42 Å². The SMILES string of the molecule is O=c1[nH]c(=O)n([C@@H]2CCC[C@@H]2CO)cc1I. The molecule has 1 aromatic rings. The minimum absolute atomic E-state index is 0.0165. The molecular weight excluding hydrogens is 323 g/mol. The quantitative estimate of drug-likeness (QED) is 0.772. The molecule has 1 saturated carbocycles.